The zero-order chi connectivity index (χ0) is 22.9. The minimum absolute atomic E-state index is 0.0174. The molecule has 0 N–H and O–H groups in total. The molecule has 9 nitrogen and oxygen atoms in total. The van der Waals surface area contributed by atoms with Crippen molar-refractivity contribution in [3.8, 4) is 11.4 Å². The van der Waals surface area contributed by atoms with Gasteiger partial charge in [-0.05, 0) is 54.6 Å². The second kappa shape index (κ2) is 8.60. The van der Waals surface area contributed by atoms with E-state index in [2.05, 4.69) is 26.0 Å². The maximum atomic E-state index is 12.9. The monoisotopic (exact) mass is 523 g/mol. The molecule has 0 atom stereocenters. The Balaban J connectivity index is 1.41. The molecule has 0 saturated carbocycles. The number of fused-ring (bicyclic) bond motifs is 1. The van der Waals surface area contributed by atoms with E-state index in [1.54, 1.807) is 18.2 Å². The van der Waals surface area contributed by atoms with Crippen LogP contribution in [0.5, 0.6) is 5.75 Å². The van der Waals surface area contributed by atoms with Crippen molar-refractivity contribution in [3.63, 3.8) is 0 Å². The van der Waals surface area contributed by atoms with Gasteiger partial charge in [-0.1, -0.05) is 27.3 Å². The van der Waals surface area contributed by atoms with Crippen molar-refractivity contribution in [1.82, 2.24) is 19.2 Å². The maximum Gasteiger partial charge on any atom is 0.291 e. The van der Waals surface area contributed by atoms with Crippen LogP contribution in [0.4, 0.5) is 5.69 Å². The number of halogens is 1. The third kappa shape index (κ3) is 4.28. The Labute approximate surface area is 198 Å². The quantitative estimate of drug-likeness (QED) is 0.248. The first-order valence-electron chi connectivity index (χ1n) is 9.69. The summed E-state index contributed by atoms with van der Waals surface area (Å²) in [7, 11) is 0. The van der Waals surface area contributed by atoms with Crippen molar-refractivity contribution in [2.75, 3.05) is 0 Å². The van der Waals surface area contributed by atoms with Crippen molar-refractivity contribution < 1.29 is 9.66 Å². The first-order valence-corrected chi connectivity index (χ1v) is 11.3. The molecule has 3 heterocycles. The molecule has 0 aliphatic heterocycles. The van der Waals surface area contributed by atoms with Crippen LogP contribution in [0, 0.1) is 10.1 Å². The highest BCUT2D eigenvalue weighted by atomic mass is 79.9. The Hall–Kier alpha value is -3.83. The second-order valence-corrected chi connectivity index (χ2v) is 8.88. The lowest BCUT2D eigenvalue weighted by Crippen LogP contribution is -2.24. The van der Waals surface area contributed by atoms with Crippen LogP contribution >= 0.6 is 27.3 Å². The topological polar surface area (TPSA) is 105 Å². The molecule has 0 radical (unpaired) electrons. The normalized spacial score (nSPS) is 11.8. The molecule has 33 heavy (non-hydrogen) atoms. The summed E-state index contributed by atoms with van der Waals surface area (Å²) in [5.41, 5.74) is 1.25. The van der Waals surface area contributed by atoms with Crippen molar-refractivity contribution in [2.45, 2.75) is 6.61 Å². The Morgan fingerprint density at radius 1 is 1.12 bits per heavy atom. The van der Waals surface area contributed by atoms with Gasteiger partial charge in [-0.3, -0.25) is 14.9 Å². The van der Waals surface area contributed by atoms with Crippen LogP contribution in [0.3, 0.4) is 0 Å². The average molecular weight is 524 g/mol. The predicted molar refractivity (Wildman–Crippen MR) is 127 cm³/mol. The summed E-state index contributed by atoms with van der Waals surface area (Å²) in [4.78, 5) is 28.2. The fraction of sp³-hybridized carbons (Fsp3) is 0.0455. The summed E-state index contributed by atoms with van der Waals surface area (Å²) < 4.78 is 10.2. The van der Waals surface area contributed by atoms with E-state index in [1.807, 2.05) is 47.2 Å². The molecule has 0 aliphatic rings. The Bertz CT molecular complexity index is 1570. The van der Waals surface area contributed by atoms with Crippen molar-refractivity contribution >= 4 is 44.0 Å². The molecule has 2 aromatic carbocycles. The Kier molecular flexibility index (Phi) is 5.48. The highest BCUT2D eigenvalue weighted by Crippen LogP contribution is 2.19. The van der Waals surface area contributed by atoms with Gasteiger partial charge in [0.2, 0.25) is 4.96 Å². The zero-order valence-corrected chi connectivity index (χ0v) is 19.2. The molecule has 0 fully saturated rings. The van der Waals surface area contributed by atoms with Crippen LogP contribution < -0.4 is 14.8 Å². The summed E-state index contributed by atoms with van der Waals surface area (Å²) in [6.45, 7) is 0.150. The number of ether oxygens (including phenoxy) is 1. The van der Waals surface area contributed by atoms with Crippen molar-refractivity contribution in [3.05, 3.63) is 108 Å². The molecule has 3 aromatic heterocycles. The number of nitro groups is 1. The van der Waals surface area contributed by atoms with Gasteiger partial charge in [0.1, 0.15) is 16.9 Å². The van der Waals surface area contributed by atoms with Gasteiger partial charge in [0.15, 0.2) is 5.82 Å². The lowest BCUT2D eigenvalue weighted by atomic mass is 10.2. The number of hydrogen-bond acceptors (Lipinski definition) is 7. The third-order valence-corrected chi connectivity index (χ3v) is 6.29. The summed E-state index contributed by atoms with van der Waals surface area (Å²) in [5, 5.41) is 15.2. The molecule has 0 amide bonds. The van der Waals surface area contributed by atoms with Gasteiger partial charge >= 0.3 is 0 Å². The van der Waals surface area contributed by atoms with Crippen LogP contribution in [0.25, 0.3) is 16.7 Å². The fourth-order valence-corrected chi connectivity index (χ4v) is 4.41. The standard InChI is InChI=1S/C22H14BrN5O4S/c23-14-3-9-18(10-4-14)32-13-20-24-22-27(25-20)21(29)19(33-22)12-17-2-1-11-26(17)15-5-7-16(8-6-15)28(30)31/h1-12H,13H2. The SMILES string of the molecule is O=c1c(=Cc2cccn2-c2ccc([N+](=O)[O-])cc2)sc2nc(COc3ccc(Br)cc3)nn12. The van der Waals surface area contributed by atoms with E-state index >= 15 is 0 Å². The highest BCUT2D eigenvalue weighted by Gasteiger charge is 2.12. The average Bonchev–Trinajstić information content (AvgIpc) is 3.51. The van der Waals surface area contributed by atoms with E-state index in [1.165, 1.54) is 28.0 Å². The number of aromatic nitrogens is 4. The van der Waals surface area contributed by atoms with E-state index in [9.17, 15) is 14.9 Å². The van der Waals surface area contributed by atoms with Gasteiger partial charge in [0, 0.05) is 34.2 Å². The first kappa shape index (κ1) is 21.0. The smallest absolute Gasteiger partial charge is 0.291 e. The van der Waals surface area contributed by atoms with E-state index < -0.39 is 4.92 Å². The molecule has 0 bridgehead atoms. The van der Waals surface area contributed by atoms with Gasteiger partial charge < -0.3 is 9.30 Å². The molecule has 5 rings (SSSR count). The largest absolute Gasteiger partial charge is 0.486 e. The van der Waals surface area contributed by atoms with E-state index in [0.717, 1.165) is 15.9 Å². The summed E-state index contributed by atoms with van der Waals surface area (Å²) >= 11 is 4.61. The number of non-ortho nitro benzene ring substituents is 1. The number of nitro benzene ring substituents is 1. The number of benzene rings is 2. The molecular formula is C22H14BrN5O4S. The van der Waals surface area contributed by atoms with Crippen LogP contribution in [-0.2, 0) is 6.61 Å². The predicted octanol–water partition coefficient (Wildman–Crippen LogP) is 3.74. The van der Waals surface area contributed by atoms with Crippen molar-refractivity contribution in [2.24, 2.45) is 0 Å². The molecule has 0 spiro atoms. The number of thiazole rings is 1. The fourth-order valence-electron chi connectivity index (χ4n) is 3.23. The Morgan fingerprint density at radius 2 is 1.88 bits per heavy atom. The molecule has 164 valence electrons. The van der Waals surface area contributed by atoms with Gasteiger partial charge in [-0.25, -0.2) is 0 Å². The molecule has 0 aliphatic carbocycles. The van der Waals surface area contributed by atoms with Crippen LogP contribution in [-0.4, -0.2) is 24.1 Å². The summed E-state index contributed by atoms with van der Waals surface area (Å²) in [6.07, 6.45) is 3.58. The van der Waals surface area contributed by atoms with E-state index in [4.69, 9.17) is 4.74 Å². The van der Waals surface area contributed by atoms with Gasteiger partial charge in [-0.15, -0.1) is 5.10 Å². The number of hydrogen-bond donors (Lipinski definition) is 0. The van der Waals surface area contributed by atoms with Crippen LogP contribution in [0.2, 0.25) is 0 Å². The highest BCUT2D eigenvalue weighted by molar-refractivity contribution is 9.10. The molecular weight excluding hydrogens is 510 g/mol. The minimum atomic E-state index is -0.442. The van der Waals surface area contributed by atoms with Gasteiger partial charge in [0.05, 0.1) is 4.92 Å². The minimum Gasteiger partial charge on any atom is -0.486 e. The summed E-state index contributed by atoms with van der Waals surface area (Å²) in [6, 6.07) is 17.3. The lowest BCUT2D eigenvalue weighted by molar-refractivity contribution is -0.384. The zero-order valence-electron chi connectivity index (χ0n) is 16.8. The van der Waals surface area contributed by atoms with Gasteiger partial charge in [-0.2, -0.15) is 9.50 Å². The Morgan fingerprint density at radius 3 is 2.58 bits per heavy atom. The van der Waals surface area contributed by atoms with Crippen LogP contribution in [0.1, 0.15) is 11.5 Å². The third-order valence-electron chi connectivity index (χ3n) is 4.81. The van der Waals surface area contributed by atoms with Crippen LogP contribution in [0.15, 0.2) is 76.1 Å². The molecule has 0 unspecified atom stereocenters. The second-order valence-electron chi connectivity index (χ2n) is 6.96. The number of nitrogens with zero attached hydrogens (tertiary/aromatic N) is 5. The molecule has 0 saturated heterocycles. The van der Waals surface area contributed by atoms with Gasteiger partial charge in [0.25, 0.3) is 11.2 Å². The lowest BCUT2D eigenvalue weighted by Gasteiger charge is -2.05. The maximum absolute atomic E-state index is 12.9. The molecule has 11 heteroatoms. The van der Waals surface area contributed by atoms with E-state index in [-0.39, 0.29) is 17.9 Å². The number of rotatable bonds is 6. The first-order chi connectivity index (χ1) is 16.0. The summed E-state index contributed by atoms with van der Waals surface area (Å²) in [5.74, 6) is 1.10. The van der Waals surface area contributed by atoms with E-state index in [0.29, 0.717) is 21.1 Å². The van der Waals surface area contributed by atoms with Crippen molar-refractivity contribution in [1.29, 1.82) is 0 Å². The molecule has 5 aromatic rings.